The number of hydrogen-bond donors (Lipinski definition) is 0. The van der Waals surface area contributed by atoms with Crippen molar-refractivity contribution in [3.8, 4) is 11.8 Å². The van der Waals surface area contributed by atoms with Gasteiger partial charge in [-0.05, 0) is 48.9 Å². The van der Waals surface area contributed by atoms with Crippen molar-refractivity contribution in [3.63, 3.8) is 0 Å². The van der Waals surface area contributed by atoms with Gasteiger partial charge in [0.1, 0.15) is 5.75 Å². The first-order valence-electron chi connectivity index (χ1n) is 8.31. The standard InChI is InChI=1S/C20H18Cl2N2O4/c1-13(28-16-6-3-14(10-23)4-7-16)20(26)27-12-19(25)24(2)11-15-5-8-17(21)18(22)9-15/h3-9,13H,11-12H2,1-2H3. The Bertz CT molecular complexity index is 894. The highest BCUT2D eigenvalue weighted by molar-refractivity contribution is 6.42. The zero-order valence-corrected chi connectivity index (χ0v) is 16.8. The number of amides is 1. The van der Waals surface area contributed by atoms with E-state index in [1.807, 2.05) is 6.07 Å². The van der Waals surface area contributed by atoms with Crippen LogP contribution in [0.1, 0.15) is 18.1 Å². The summed E-state index contributed by atoms with van der Waals surface area (Å²) in [4.78, 5) is 25.6. The fraction of sp³-hybridized carbons (Fsp3) is 0.250. The SMILES string of the molecule is CC(Oc1ccc(C#N)cc1)C(=O)OCC(=O)N(C)Cc1ccc(Cl)c(Cl)c1. The van der Waals surface area contributed by atoms with Gasteiger partial charge in [-0.1, -0.05) is 29.3 Å². The lowest BCUT2D eigenvalue weighted by Crippen LogP contribution is -2.34. The molecule has 28 heavy (non-hydrogen) atoms. The summed E-state index contributed by atoms with van der Waals surface area (Å²) in [6.07, 6.45) is -0.902. The molecule has 0 spiro atoms. The highest BCUT2D eigenvalue weighted by atomic mass is 35.5. The topological polar surface area (TPSA) is 79.6 Å². The number of nitrogens with zero attached hydrogens (tertiary/aromatic N) is 2. The zero-order valence-electron chi connectivity index (χ0n) is 15.3. The maximum absolute atomic E-state index is 12.2. The number of benzene rings is 2. The van der Waals surface area contributed by atoms with Gasteiger partial charge in [0.05, 0.1) is 21.7 Å². The Morgan fingerprint density at radius 2 is 1.82 bits per heavy atom. The molecule has 0 bridgehead atoms. The van der Waals surface area contributed by atoms with Crippen molar-refractivity contribution in [3.05, 3.63) is 63.6 Å². The molecule has 0 aliphatic heterocycles. The van der Waals surface area contributed by atoms with E-state index in [-0.39, 0.29) is 5.91 Å². The molecule has 0 aliphatic carbocycles. The number of hydrogen-bond acceptors (Lipinski definition) is 5. The lowest BCUT2D eigenvalue weighted by atomic mass is 10.2. The first-order chi connectivity index (χ1) is 13.3. The lowest BCUT2D eigenvalue weighted by Gasteiger charge is -2.19. The first-order valence-corrected chi connectivity index (χ1v) is 9.07. The van der Waals surface area contributed by atoms with E-state index >= 15 is 0 Å². The van der Waals surface area contributed by atoms with Gasteiger partial charge in [0, 0.05) is 13.6 Å². The molecule has 1 unspecified atom stereocenters. The van der Waals surface area contributed by atoms with E-state index < -0.39 is 18.7 Å². The third-order valence-corrected chi connectivity index (χ3v) is 4.53. The second-order valence-corrected chi connectivity index (χ2v) is 6.82. The highest BCUT2D eigenvalue weighted by Gasteiger charge is 2.19. The Labute approximate surface area is 173 Å². The van der Waals surface area contributed by atoms with Gasteiger partial charge >= 0.3 is 5.97 Å². The number of carbonyl (C=O) groups is 2. The van der Waals surface area contributed by atoms with Crippen LogP contribution in [0.5, 0.6) is 5.75 Å². The van der Waals surface area contributed by atoms with Crippen LogP contribution < -0.4 is 4.74 Å². The normalized spacial score (nSPS) is 11.2. The fourth-order valence-corrected chi connectivity index (χ4v) is 2.54. The number of carbonyl (C=O) groups excluding carboxylic acids is 2. The molecule has 0 fully saturated rings. The van der Waals surface area contributed by atoms with E-state index in [0.717, 1.165) is 5.56 Å². The van der Waals surface area contributed by atoms with Crippen LogP contribution in [0.4, 0.5) is 0 Å². The van der Waals surface area contributed by atoms with Crippen LogP contribution in [0.15, 0.2) is 42.5 Å². The van der Waals surface area contributed by atoms with E-state index in [1.165, 1.54) is 11.8 Å². The van der Waals surface area contributed by atoms with Crippen LogP contribution in [0, 0.1) is 11.3 Å². The smallest absolute Gasteiger partial charge is 0.347 e. The van der Waals surface area contributed by atoms with Crippen molar-refractivity contribution in [2.24, 2.45) is 0 Å². The van der Waals surface area contributed by atoms with Crippen molar-refractivity contribution >= 4 is 35.1 Å². The Morgan fingerprint density at radius 3 is 2.43 bits per heavy atom. The van der Waals surface area contributed by atoms with Crippen LogP contribution in [0.3, 0.4) is 0 Å². The maximum atomic E-state index is 12.2. The molecule has 0 radical (unpaired) electrons. The van der Waals surface area contributed by atoms with E-state index in [2.05, 4.69) is 0 Å². The molecule has 2 aromatic rings. The fourth-order valence-electron chi connectivity index (χ4n) is 2.22. The molecule has 6 nitrogen and oxygen atoms in total. The maximum Gasteiger partial charge on any atom is 0.347 e. The molecule has 2 rings (SSSR count). The van der Waals surface area contributed by atoms with Gasteiger partial charge in [0.25, 0.3) is 5.91 Å². The average molecular weight is 421 g/mol. The number of nitriles is 1. The molecule has 0 saturated carbocycles. The van der Waals surface area contributed by atoms with Crippen molar-refractivity contribution in [1.29, 1.82) is 5.26 Å². The van der Waals surface area contributed by atoms with E-state index in [9.17, 15) is 9.59 Å². The third-order valence-electron chi connectivity index (χ3n) is 3.80. The molecule has 0 aliphatic rings. The van der Waals surface area contributed by atoms with Gasteiger partial charge in [-0.2, -0.15) is 5.26 Å². The minimum Gasteiger partial charge on any atom is -0.479 e. The molecule has 0 saturated heterocycles. The summed E-state index contributed by atoms with van der Waals surface area (Å²) in [5.41, 5.74) is 1.28. The largest absolute Gasteiger partial charge is 0.479 e. The predicted octanol–water partition coefficient (Wildman–Crippen LogP) is 3.83. The highest BCUT2D eigenvalue weighted by Crippen LogP contribution is 2.23. The third kappa shape index (κ3) is 6.15. The van der Waals surface area contributed by atoms with Crippen LogP contribution >= 0.6 is 23.2 Å². The van der Waals surface area contributed by atoms with Crippen molar-refractivity contribution in [1.82, 2.24) is 4.90 Å². The van der Waals surface area contributed by atoms with Gasteiger partial charge in [0.15, 0.2) is 12.7 Å². The molecule has 1 amide bonds. The Balaban J connectivity index is 1.82. The van der Waals surface area contributed by atoms with Crippen molar-refractivity contribution in [2.75, 3.05) is 13.7 Å². The Morgan fingerprint density at radius 1 is 1.14 bits per heavy atom. The second-order valence-electron chi connectivity index (χ2n) is 6.00. The first kappa shape index (κ1) is 21.5. The number of esters is 1. The number of ether oxygens (including phenoxy) is 2. The van der Waals surface area contributed by atoms with E-state index in [1.54, 1.807) is 49.5 Å². The monoisotopic (exact) mass is 420 g/mol. The van der Waals surface area contributed by atoms with Gasteiger partial charge in [-0.15, -0.1) is 0 Å². The molecular weight excluding hydrogens is 403 g/mol. The Hall–Kier alpha value is -2.75. The summed E-state index contributed by atoms with van der Waals surface area (Å²) in [5, 5.41) is 9.61. The van der Waals surface area contributed by atoms with E-state index in [4.69, 9.17) is 37.9 Å². The molecule has 2 aromatic carbocycles. The summed E-state index contributed by atoms with van der Waals surface area (Å²) in [6.45, 7) is 1.41. The summed E-state index contributed by atoms with van der Waals surface area (Å²) in [6, 6.07) is 13.4. The van der Waals surface area contributed by atoms with Gasteiger partial charge in [-0.3, -0.25) is 4.79 Å². The molecule has 0 aromatic heterocycles. The van der Waals surface area contributed by atoms with Crippen LogP contribution in [-0.2, 0) is 20.9 Å². The minimum absolute atomic E-state index is 0.296. The van der Waals surface area contributed by atoms with Crippen LogP contribution in [-0.4, -0.2) is 36.5 Å². The average Bonchev–Trinajstić information content (AvgIpc) is 2.69. The summed E-state index contributed by atoms with van der Waals surface area (Å²) in [7, 11) is 1.59. The zero-order chi connectivity index (χ0) is 20.7. The summed E-state index contributed by atoms with van der Waals surface area (Å²) < 4.78 is 10.5. The van der Waals surface area contributed by atoms with E-state index in [0.29, 0.717) is 27.9 Å². The quantitative estimate of drug-likeness (QED) is 0.635. The van der Waals surface area contributed by atoms with Crippen molar-refractivity contribution in [2.45, 2.75) is 19.6 Å². The molecule has 8 heteroatoms. The van der Waals surface area contributed by atoms with Gasteiger partial charge < -0.3 is 14.4 Å². The molecule has 146 valence electrons. The van der Waals surface area contributed by atoms with Gasteiger partial charge in [-0.25, -0.2) is 4.79 Å². The number of rotatable bonds is 7. The second kappa shape index (κ2) is 9.98. The van der Waals surface area contributed by atoms with Crippen molar-refractivity contribution < 1.29 is 19.1 Å². The lowest BCUT2D eigenvalue weighted by molar-refractivity contribution is -0.157. The van der Waals surface area contributed by atoms with Crippen LogP contribution in [0.2, 0.25) is 10.0 Å². The molecule has 0 heterocycles. The summed E-state index contributed by atoms with van der Waals surface area (Å²) >= 11 is 11.8. The van der Waals surface area contributed by atoms with Gasteiger partial charge in [0.2, 0.25) is 0 Å². The molecule has 0 N–H and O–H groups in total. The Kier molecular flexibility index (Phi) is 7.68. The predicted molar refractivity (Wildman–Crippen MR) is 105 cm³/mol. The minimum atomic E-state index is -0.902. The number of halogens is 2. The number of likely N-dealkylation sites (N-methyl/N-ethyl adjacent to an activating group) is 1. The summed E-state index contributed by atoms with van der Waals surface area (Å²) in [5.74, 6) is -0.614. The molecular formula is C20H18Cl2N2O4. The molecule has 1 atom stereocenters. The van der Waals surface area contributed by atoms with Crippen LogP contribution in [0.25, 0.3) is 0 Å².